The Kier molecular flexibility index (Phi) is 4.70. The van der Waals surface area contributed by atoms with Crippen LogP contribution in [0.4, 0.5) is 0 Å². The zero-order chi connectivity index (χ0) is 8.39. The molecule has 0 fully saturated rings. The van der Waals surface area contributed by atoms with Gasteiger partial charge in [-0.25, -0.2) is 0 Å². The molecule has 1 aromatic carbocycles. The fourth-order valence-corrected chi connectivity index (χ4v) is 3.27. The second-order valence-electron chi connectivity index (χ2n) is 2.58. The first-order valence-electron chi connectivity index (χ1n) is 3.79. The van der Waals surface area contributed by atoms with Crippen LogP contribution in [0.5, 0.6) is 0 Å². The van der Waals surface area contributed by atoms with Gasteiger partial charge in [0.2, 0.25) is 0 Å². The quantitative estimate of drug-likeness (QED) is 0.525. The maximum atomic E-state index is 4.42. The molecule has 64 valence electrons. The van der Waals surface area contributed by atoms with E-state index in [4.69, 9.17) is 0 Å². The first-order chi connectivity index (χ1) is 5.88. The Morgan fingerprint density at radius 3 is 2.23 bits per heavy atom. The summed E-state index contributed by atoms with van der Waals surface area (Å²) in [5.74, 6) is 0. The van der Waals surface area contributed by atoms with E-state index in [2.05, 4.69) is 47.7 Å². The van der Waals surface area contributed by atoms with Crippen LogP contribution in [-0.4, -0.2) is 29.6 Å². The van der Waals surface area contributed by atoms with Crippen LogP contribution in [-0.2, 0) is 0 Å². The number of rotatable bonds is 1. The van der Waals surface area contributed by atoms with E-state index in [0.717, 1.165) is 4.90 Å². The van der Waals surface area contributed by atoms with Crippen LogP contribution in [0.15, 0.2) is 57.0 Å². The molecular formula is C10H11NaS2. The van der Waals surface area contributed by atoms with Crippen LogP contribution in [0, 0.1) is 0 Å². The van der Waals surface area contributed by atoms with Gasteiger partial charge in [0.15, 0.2) is 0 Å². The van der Waals surface area contributed by atoms with Gasteiger partial charge in [0.25, 0.3) is 0 Å². The number of benzene rings is 1. The molecule has 0 spiro atoms. The maximum absolute atomic E-state index is 4.42. The van der Waals surface area contributed by atoms with Crippen molar-refractivity contribution in [1.29, 1.82) is 0 Å². The second-order valence-corrected chi connectivity index (χ2v) is 4.95. The zero-order valence-electron chi connectivity index (χ0n) is 6.51. The Balaban J connectivity index is 0.000000845. The molecule has 2 rings (SSSR count). The summed E-state index contributed by atoms with van der Waals surface area (Å²) in [5, 5.41) is 4.48. The van der Waals surface area contributed by atoms with Crippen molar-refractivity contribution in [3.05, 3.63) is 47.2 Å². The fraction of sp³-hybridized carbons (Fsp3) is 0. The predicted octanol–water partition coefficient (Wildman–Crippen LogP) is 2.73. The summed E-state index contributed by atoms with van der Waals surface area (Å²) in [4.78, 5) is 2.45. The van der Waals surface area contributed by atoms with E-state index < -0.39 is 0 Å². The average molecular weight is 218 g/mol. The molecule has 0 aliphatic carbocycles. The SMILES string of the molecule is Sc1ccccc1[SH]1C=CC=C1.[NaH]. The number of hydrogen-bond acceptors (Lipinski definition) is 1. The van der Waals surface area contributed by atoms with Crippen LogP contribution in [0.3, 0.4) is 0 Å². The minimum absolute atomic E-state index is 0. The van der Waals surface area contributed by atoms with Gasteiger partial charge < -0.3 is 0 Å². The summed E-state index contributed by atoms with van der Waals surface area (Å²) in [7, 11) is -0.199. The summed E-state index contributed by atoms with van der Waals surface area (Å²) in [6.45, 7) is 0. The topological polar surface area (TPSA) is 0 Å². The predicted molar refractivity (Wildman–Crippen MR) is 66.4 cm³/mol. The van der Waals surface area contributed by atoms with E-state index >= 15 is 0 Å². The summed E-state index contributed by atoms with van der Waals surface area (Å²) in [5.41, 5.74) is 0. The average Bonchev–Trinajstić information content (AvgIpc) is 2.57. The second kappa shape index (κ2) is 5.32. The minimum atomic E-state index is -0.199. The van der Waals surface area contributed by atoms with Crippen molar-refractivity contribution < 1.29 is 0 Å². The molecule has 0 aromatic heterocycles. The van der Waals surface area contributed by atoms with E-state index in [1.165, 1.54) is 4.90 Å². The normalized spacial score (nSPS) is 15.9. The van der Waals surface area contributed by atoms with Crippen molar-refractivity contribution in [2.24, 2.45) is 0 Å². The van der Waals surface area contributed by atoms with Crippen molar-refractivity contribution in [1.82, 2.24) is 0 Å². The molecule has 0 nitrogen and oxygen atoms in total. The van der Waals surface area contributed by atoms with Crippen LogP contribution in [0.1, 0.15) is 0 Å². The summed E-state index contributed by atoms with van der Waals surface area (Å²) in [6.07, 6.45) is 4.21. The third-order valence-electron chi connectivity index (χ3n) is 1.76. The van der Waals surface area contributed by atoms with E-state index in [1.807, 2.05) is 12.1 Å². The van der Waals surface area contributed by atoms with E-state index in [1.54, 1.807) is 0 Å². The van der Waals surface area contributed by atoms with Gasteiger partial charge in [0.1, 0.15) is 0 Å². The summed E-state index contributed by atoms with van der Waals surface area (Å²) < 4.78 is 0. The molecule has 1 aromatic rings. The molecule has 0 atom stereocenters. The molecule has 0 N–H and O–H groups in total. The molecule has 0 bridgehead atoms. The van der Waals surface area contributed by atoms with E-state index in [-0.39, 0.29) is 40.5 Å². The van der Waals surface area contributed by atoms with Crippen molar-refractivity contribution in [2.45, 2.75) is 9.79 Å². The molecule has 0 saturated heterocycles. The van der Waals surface area contributed by atoms with Gasteiger partial charge in [-0.15, -0.1) is 12.6 Å². The van der Waals surface area contributed by atoms with Crippen molar-refractivity contribution in [3.8, 4) is 0 Å². The molecule has 13 heavy (non-hydrogen) atoms. The van der Waals surface area contributed by atoms with Gasteiger partial charge in [0, 0.05) is 9.79 Å². The van der Waals surface area contributed by atoms with Crippen molar-refractivity contribution in [2.75, 3.05) is 0 Å². The van der Waals surface area contributed by atoms with E-state index in [0.29, 0.717) is 0 Å². The molecule has 3 heteroatoms. The molecule has 1 heterocycles. The van der Waals surface area contributed by atoms with Gasteiger partial charge in [-0.1, -0.05) is 24.3 Å². The first kappa shape index (κ1) is 11.5. The van der Waals surface area contributed by atoms with Gasteiger partial charge in [-0.05, 0) is 22.9 Å². The van der Waals surface area contributed by atoms with Crippen LogP contribution >= 0.6 is 23.5 Å². The zero-order valence-corrected chi connectivity index (χ0v) is 8.30. The molecule has 0 saturated carbocycles. The van der Waals surface area contributed by atoms with Gasteiger partial charge in [-0.2, -0.15) is 10.9 Å². The fourth-order valence-electron chi connectivity index (χ4n) is 1.18. The Morgan fingerprint density at radius 1 is 1.00 bits per heavy atom. The monoisotopic (exact) mass is 218 g/mol. The third-order valence-corrected chi connectivity index (χ3v) is 4.26. The molecule has 0 unspecified atom stereocenters. The van der Waals surface area contributed by atoms with E-state index in [9.17, 15) is 0 Å². The van der Waals surface area contributed by atoms with Crippen molar-refractivity contribution >= 4 is 53.1 Å². The Bertz CT molecular complexity index is 333. The first-order valence-corrected chi connectivity index (χ1v) is 5.72. The Hall–Kier alpha value is 0.400. The molecular weight excluding hydrogens is 207 g/mol. The summed E-state index contributed by atoms with van der Waals surface area (Å²) in [6, 6.07) is 8.27. The summed E-state index contributed by atoms with van der Waals surface area (Å²) >= 11 is 4.42. The van der Waals surface area contributed by atoms with Crippen LogP contribution in [0.2, 0.25) is 0 Å². The standard InChI is InChI=1S/C10H10S2.Na.H/c11-9-5-1-2-6-10(9)12-7-3-4-8-12;;/h1-8,11-12H;;. The Labute approximate surface area is 109 Å². The molecule has 1 aliphatic rings. The van der Waals surface area contributed by atoms with Gasteiger partial charge in [0.05, 0.1) is 0 Å². The number of allylic oxidation sites excluding steroid dienone is 2. The number of thiol groups is 2. The van der Waals surface area contributed by atoms with Crippen molar-refractivity contribution in [3.63, 3.8) is 0 Å². The molecule has 0 radical (unpaired) electrons. The third kappa shape index (κ3) is 2.67. The molecule has 0 amide bonds. The van der Waals surface area contributed by atoms with Gasteiger partial charge >= 0.3 is 29.6 Å². The molecule has 1 aliphatic heterocycles. The number of hydrogen-bond donors (Lipinski definition) is 2. The van der Waals surface area contributed by atoms with Crippen LogP contribution < -0.4 is 0 Å². The Morgan fingerprint density at radius 2 is 1.62 bits per heavy atom. The van der Waals surface area contributed by atoms with Crippen LogP contribution in [0.25, 0.3) is 0 Å². The van der Waals surface area contributed by atoms with Gasteiger partial charge in [-0.3, -0.25) is 0 Å².